The molecule has 0 spiro atoms. The Bertz CT molecular complexity index is 1600. The van der Waals surface area contributed by atoms with Crippen molar-refractivity contribution in [3.63, 3.8) is 0 Å². The molecule has 1 aromatic carbocycles. The third-order valence-electron chi connectivity index (χ3n) is 7.94. The molecule has 6 rings (SSSR count). The number of rotatable bonds is 9. The Kier molecular flexibility index (Phi) is 8.24. The van der Waals surface area contributed by atoms with Gasteiger partial charge in [-0.15, -0.1) is 0 Å². The van der Waals surface area contributed by atoms with Crippen LogP contribution in [-0.2, 0) is 30.7 Å². The second-order valence-electron chi connectivity index (χ2n) is 12.4. The second kappa shape index (κ2) is 11.6. The van der Waals surface area contributed by atoms with Crippen LogP contribution in [0.4, 0.5) is 0 Å². The van der Waals surface area contributed by atoms with E-state index in [9.17, 15) is 9.32 Å². The Hall–Kier alpha value is -2.32. The van der Waals surface area contributed by atoms with Crippen LogP contribution < -0.4 is 4.74 Å². The summed E-state index contributed by atoms with van der Waals surface area (Å²) in [5, 5.41) is 10.6. The number of allylic oxidation sites excluding steroid dienone is 1. The summed E-state index contributed by atoms with van der Waals surface area (Å²) in [5.74, 6) is 0.685. The number of hydrogen-bond acceptors (Lipinski definition) is 9. The number of pyridine rings is 1. The van der Waals surface area contributed by atoms with Gasteiger partial charge < -0.3 is 24.1 Å². The third kappa shape index (κ3) is 6.30. The number of hydrogen-bond donors (Lipinski definition) is 2. The average Bonchev–Trinajstić information content (AvgIpc) is 3.61. The molecular formula is C29H37ClN4O6SSi. The van der Waals surface area contributed by atoms with Crippen molar-refractivity contribution in [3.8, 4) is 17.3 Å². The first kappa shape index (κ1) is 29.7. The molecule has 42 heavy (non-hydrogen) atoms. The molecule has 5 atom stereocenters. The number of nitrogens with one attached hydrogen (secondary N) is 1. The van der Waals surface area contributed by atoms with Gasteiger partial charge in [0, 0.05) is 35.7 Å². The van der Waals surface area contributed by atoms with Gasteiger partial charge in [-0.25, -0.2) is 9.19 Å². The average molecular weight is 633 g/mol. The third-order valence-corrected chi connectivity index (χ3v) is 11.5. The molecule has 1 unspecified atom stereocenters. The lowest BCUT2D eigenvalue weighted by Gasteiger charge is -2.19. The summed E-state index contributed by atoms with van der Waals surface area (Å²) in [7, 11) is -3.76. The van der Waals surface area contributed by atoms with E-state index in [-0.39, 0.29) is 26.0 Å². The van der Waals surface area contributed by atoms with Gasteiger partial charge in [0.15, 0.2) is 11.8 Å². The molecule has 3 aromatic rings. The predicted octanol–water partition coefficient (Wildman–Crippen LogP) is 4.80. The van der Waals surface area contributed by atoms with Crippen LogP contribution in [0.2, 0.25) is 30.7 Å². The molecule has 0 saturated carbocycles. The summed E-state index contributed by atoms with van der Waals surface area (Å²) in [4.78, 5) is 9.58. The molecule has 0 radical (unpaired) electrons. The minimum Gasteiger partial charge on any atom is -0.456 e. The van der Waals surface area contributed by atoms with E-state index < -0.39 is 36.1 Å². The lowest BCUT2D eigenvalue weighted by molar-refractivity contribution is 0.00339. The van der Waals surface area contributed by atoms with E-state index in [1.807, 2.05) is 41.0 Å². The molecule has 0 aliphatic carbocycles. The number of aliphatic hydroxyl groups is 1. The summed E-state index contributed by atoms with van der Waals surface area (Å²) < 4.78 is 45.6. The Balaban J connectivity index is 1.28. The normalized spacial score (nSPS) is 27.8. The van der Waals surface area contributed by atoms with Crippen LogP contribution in [0.25, 0.3) is 28.0 Å². The first-order valence-electron chi connectivity index (χ1n) is 14.2. The van der Waals surface area contributed by atoms with Crippen molar-refractivity contribution < 1.29 is 28.3 Å². The second-order valence-corrected chi connectivity index (χ2v) is 20.8. The predicted molar refractivity (Wildman–Crippen MR) is 165 cm³/mol. The lowest BCUT2D eigenvalue weighted by atomic mass is 10.0. The van der Waals surface area contributed by atoms with Gasteiger partial charge in [-0.2, -0.15) is 4.98 Å². The van der Waals surface area contributed by atoms with Crippen LogP contribution >= 0.6 is 11.6 Å². The molecule has 2 fully saturated rings. The molecule has 2 aromatic heterocycles. The zero-order chi connectivity index (χ0) is 29.6. The zero-order valence-electron chi connectivity index (χ0n) is 24.0. The van der Waals surface area contributed by atoms with Crippen LogP contribution in [0, 0.1) is 4.78 Å². The number of aliphatic hydroxyl groups excluding tert-OH is 1. The van der Waals surface area contributed by atoms with Gasteiger partial charge in [0.05, 0.1) is 35.2 Å². The van der Waals surface area contributed by atoms with E-state index >= 15 is 0 Å². The van der Waals surface area contributed by atoms with Gasteiger partial charge in [-0.3, -0.25) is 9.35 Å². The summed E-state index contributed by atoms with van der Waals surface area (Å²) in [6.45, 7) is 8.28. The minimum atomic E-state index is -2.49. The van der Waals surface area contributed by atoms with Crippen molar-refractivity contribution in [3.05, 3.63) is 47.0 Å². The van der Waals surface area contributed by atoms with Gasteiger partial charge in [0.25, 0.3) is 0 Å². The zero-order valence-corrected chi connectivity index (χ0v) is 26.6. The van der Waals surface area contributed by atoms with Crippen molar-refractivity contribution >= 4 is 46.1 Å². The van der Waals surface area contributed by atoms with E-state index in [0.29, 0.717) is 52.4 Å². The van der Waals surface area contributed by atoms with Gasteiger partial charge in [-0.1, -0.05) is 61.6 Å². The number of imidazole rings is 1. The topological polar surface area (TPSA) is 129 Å². The fraction of sp³-hybridized carbons (Fsp3) is 0.517. The number of aromatic nitrogens is 3. The maximum Gasteiger partial charge on any atom is 0.301 e. The Morgan fingerprint density at radius 1 is 1.14 bits per heavy atom. The van der Waals surface area contributed by atoms with Crippen LogP contribution in [0.15, 0.2) is 36.4 Å². The summed E-state index contributed by atoms with van der Waals surface area (Å²) >= 11 is 6.81. The highest BCUT2D eigenvalue weighted by Crippen LogP contribution is 2.35. The molecule has 3 aliphatic heterocycles. The Morgan fingerprint density at radius 3 is 2.60 bits per heavy atom. The largest absolute Gasteiger partial charge is 0.456 e. The van der Waals surface area contributed by atoms with E-state index in [2.05, 4.69) is 19.6 Å². The van der Waals surface area contributed by atoms with Gasteiger partial charge in [0.2, 0.25) is 0 Å². The van der Waals surface area contributed by atoms with Gasteiger partial charge >= 0.3 is 6.01 Å². The number of ether oxygens (including phenoxy) is 4. The number of halogens is 1. The molecule has 10 nitrogen and oxygen atoms in total. The van der Waals surface area contributed by atoms with Crippen LogP contribution in [0.5, 0.6) is 6.01 Å². The fourth-order valence-corrected chi connectivity index (χ4v) is 7.63. The monoisotopic (exact) mass is 632 g/mol. The van der Waals surface area contributed by atoms with E-state index in [1.54, 1.807) is 0 Å². The lowest BCUT2D eigenvalue weighted by Crippen LogP contribution is -2.35. The SMILES string of the molecule is C[Si](C)(C)CCOCn1c(O[C@@H]2CO[C@H]3[C@@H]2OC[C@H]3O)nc2nc(-c3ccc(C4=CCS(=N)(=O)CC4)cc3)c(Cl)cc21. The van der Waals surface area contributed by atoms with Crippen molar-refractivity contribution in [2.45, 2.75) is 63.3 Å². The van der Waals surface area contributed by atoms with Crippen molar-refractivity contribution in [1.82, 2.24) is 14.5 Å². The molecule has 0 amide bonds. The molecular weight excluding hydrogens is 596 g/mol. The van der Waals surface area contributed by atoms with Gasteiger partial charge in [0.1, 0.15) is 25.0 Å². The smallest absolute Gasteiger partial charge is 0.301 e. The highest BCUT2D eigenvalue weighted by molar-refractivity contribution is 7.92. The number of benzene rings is 1. The molecule has 3 aliphatic rings. The quantitative estimate of drug-likeness (QED) is 0.254. The summed E-state index contributed by atoms with van der Waals surface area (Å²) in [6, 6.07) is 11.2. The van der Waals surface area contributed by atoms with Gasteiger partial charge in [-0.05, 0) is 29.7 Å². The first-order chi connectivity index (χ1) is 20.0. The number of nitrogens with zero attached hydrogens (tertiary/aromatic N) is 3. The molecule has 2 saturated heterocycles. The summed E-state index contributed by atoms with van der Waals surface area (Å²) in [5.41, 5.74) is 4.76. The van der Waals surface area contributed by atoms with Crippen LogP contribution in [0.3, 0.4) is 0 Å². The maximum atomic E-state index is 12.0. The maximum absolute atomic E-state index is 12.0. The van der Waals surface area contributed by atoms with E-state index in [0.717, 1.165) is 22.7 Å². The fourth-order valence-electron chi connectivity index (χ4n) is 5.44. The molecule has 226 valence electrons. The molecule has 0 bridgehead atoms. The van der Waals surface area contributed by atoms with Crippen molar-refractivity contribution in [2.24, 2.45) is 0 Å². The van der Waals surface area contributed by atoms with E-state index in [1.165, 1.54) is 0 Å². The van der Waals surface area contributed by atoms with Crippen molar-refractivity contribution in [2.75, 3.05) is 31.3 Å². The van der Waals surface area contributed by atoms with E-state index in [4.69, 9.17) is 45.3 Å². The highest BCUT2D eigenvalue weighted by atomic mass is 35.5. The first-order valence-corrected chi connectivity index (χ1v) is 20.2. The Labute approximate surface area is 252 Å². The Morgan fingerprint density at radius 2 is 1.88 bits per heavy atom. The molecule has 5 heterocycles. The highest BCUT2D eigenvalue weighted by Gasteiger charge is 2.49. The standard InChI is InChI=1S/C29H37ClN4O6SSi/c1-42(2,3)13-10-37-17-34-22-14-21(30)25(20-6-4-18(5-7-20)19-8-11-41(31,36)12-9-19)32-28(22)33-29(34)40-24-16-39-26-23(35)15-38-27(24)26/h4-8,14,23-24,26-27,31,35H,9-13,15-17H2,1-3H3/t23-,24-,26-,27-,41?/m1/s1. The summed E-state index contributed by atoms with van der Waals surface area (Å²) in [6.07, 6.45) is 0.659. The van der Waals surface area contributed by atoms with Crippen LogP contribution in [0.1, 0.15) is 12.0 Å². The molecule has 2 N–H and O–H groups in total. The minimum absolute atomic E-state index is 0.215. The van der Waals surface area contributed by atoms with Crippen LogP contribution in [-0.4, -0.2) is 87.7 Å². The van der Waals surface area contributed by atoms with Crippen molar-refractivity contribution in [1.29, 1.82) is 4.78 Å². The molecule has 13 heteroatoms. The number of fused-ring (bicyclic) bond motifs is 2.